The molecule has 0 fully saturated rings. The van der Waals surface area contributed by atoms with Crippen molar-refractivity contribution in [2.75, 3.05) is 76.6 Å². The van der Waals surface area contributed by atoms with E-state index < -0.39 is 86.1 Å². The largest absolute Gasteiger partial charge is 0.428 e. The number of carbonyl (C=O) groups excluding carboxylic acids is 10. The van der Waals surface area contributed by atoms with Crippen molar-refractivity contribution in [3.63, 3.8) is 0 Å². The minimum atomic E-state index is -0.626. The third-order valence-corrected chi connectivity index (χ3v) is 12.8. The average Bonchev–Trinajstić information content (AvgIpc) is 3.38. The van der Waals surface area contributed by atoms with Gasteiger partial charge < -0.3 is 47.4 Å². The van der Waals surface area contributed by atoms with Crippen LogP contribution in [0.3, 0.4) is 0 Å². The van der Waals surface area contributed by atoms with Crippen molar-refractivity contribution in [3.05, 3.63) is 72.9 Å². The van der Waals surface area contributed by atoms with Crippen molar-refractivity contribution >= 4 is 183 Å². The van der Waals surface area contributed by atoms with E-state index >= 15 is 0 Å². The highest BCUT2D eigenvalue weighted by Crippen LogP contribution is 2.21. The lowest BCUT2D eigenvalue weighted by molar-refractivity contribution is -0.172. The topological polar surface area (TPSA) is 263 Å². The van der Waals surface area contributed by atoms with Gasteiger partial charge in [0.1, 0.15) is 5.25 Å². The van der Waals surface area contributed by atoms with Crippen molar-refractivity contribution in [1.82, 2.24) is 0 Å². The summed E-state index contributed by atoms with van der Waals surface area (Å²) < 4.78 is 46.8. The third kappa shape index (κ3) is 64.1. The summed E-state index contributed by atoms with van der Waals surface area (Å²) in [6.45, 7) is 34.1. The molecule has 81 heavy (non-hydrogen) atoms. The van der Waals surface area contributed by atoms with Crippen LogP contribution in [0, 0.1) is 17.8 Å². The Bertz CT molecular complexity index is 1770. The van der Waals surface area contributed by atoms with Gasteiger partial charge in [-0.1, -0.05) is 75.1 Å². The van der Waals surface area contributed by atoms with Crippen LogP contribution in [-0.2, 0) is 95.3 Å². The lowest BCUT2D eigenvalue weighted by Crippen LogP contribution is -2.23. The van der Waals surface area contributed by atoms with E-state index in [1.807, 2.05) is 0 Å². The minimum Gasteiger partial charge on any atom is -0.428 e. The summed E-state index contributed by atoms with van der Waals surface area (Å²) in [5, 5.41) is 2.68. The predicted octanol–water partition coefficient (Wildman–Crippen LogP) is 10.5. The van der Waals surface area contributed by atoms with Crippen LogP contribution in [0.1, 0.15) is 84.1 Å². The molecule has 0 aromatic rings. The van der Waals surface area contributed by atoms with Crippen LogP contribution in [0.25, 0.3) is 0 Å². The maximum atomic E-state index is 11.8. The molecule has 0 spiro atoms. The van der Waals surface area contributed by atoms with Gasteiger partial charge in [0.25, 0.3) is 0 Å². The summed E-state index contributed by atoms with van der Waals surface area (Å²) in [7, 11) is 0. The zero-order valence-corrected chi connectivity index (χ0v) is 54.9. The summed E-state index contributed by atoms with van der Waals surface area (Å²) in [6.07, 6.45) is 0. The fraction of sp³-hybridized carbons (Fsp3) is 0.569. The van der Waals surface area contributed by atoms with Crippen molar-refractivity contribution in [2.24, 2.45) is 17.8 Å². The SMILES string of the molecule is C.C.C=C(C)C(=O)OCOC(=O)C(=C)C.C=C(C)C(=O)OCOC(=O)C(=C)C.C=C(C)C(=O)OCOC(=O)C(C)CSCSC(C)C(=O)OCOC(=O)C(=C)C.CC(CSCS)C(=O)OCOC(=O)C(C)CSCS.SCS.SCS. The summed E-state index contributed by atoms with van der Waals surface area (Å²) >= 11 is 28.6. The molecule has 0 bridgehead atoms. The molecular formula is C51H86O20S10. The van der Waals surface area contributed by atoms with Crippen molar-refractivity contribution in [3.8, 4) is 0 Å². The van der Waals surface area contributed by atoms with Gasteiger partial charge in [-0.15, -0.1) is 11.8 Å². The van der Waals surface area contributed by atoms with Gasteiger partial charge in [-0.2, -0.15) is 111 Å². The summed E-state index contributed by atoms with van der Waals surface area (Å²) in [6, 6.07) is 0. The first-order chi connectivity index (χ1) is 36.8. The molecule has 0 saturated carbocycles. The molecule has 0 aliphatic carbocycles. The Morgan fingerprint density at radius 3 is 0.741 bits per heavy atom. The standard InChI is InChI=1S/C18H26O8S2.C11H20O4S4.2C9H12O4.2CH4S2.2CH4/c1-11(2)15(19)23-8-25-17(21)13(5)7-27-10-28-14(6)18(22)26-9-24-16(20)12(3)4;1-8(3-18-6-16)10(12)14-5-15-11(13)9(2)4-19-7-17;2*1-6(2)8(10)12-5-13-9(11)7(3)4;2*2-1-3;;/h13-14H,1,3,7-10H2,2,4-6H3;8-9,16-17H,3-7H2,1-2H3;2*1,3,5H2,2,4H3;2*2-3H,1H2;2*1H4. The molecule has 0 aliphatic rings. The molecule has 470 valence electrons. The highest BCUT2D eigenvalue weighted by atomic mass is 32.2. The molecule has 0 saturated heterocycles. The molecule has 4 atom stereocenters. The van der Waals surface area contributed by atoms with E-state index in [0.29, 0.717) is 42.7 Å². The number of hydrogen-bond acceptors (Lipinski definition) is 30. The predicted molar refractivity (Wildman–Crippen MR) is 348 cm³/mol. The Morgan fingerprint density at radius 2 is 0.531 bits per heavy atom. The van der Waals surface area contributed by atoms with Crippen LogP contribution < -0.4 is 0 Å². The van der Waals surface area contributed by atoms with Gasteiger partial charge >= 0.3 is 59.7 Å². The van der Waals surface area contributed by atoms with Gasteiger partial charge in [-0.05, 0) is 48.5 Å². The molecule has 0 N–H and O–H groups in total. The molecule has 0 aromatic carbocycles. The Hall–Kier alpha value is -3.36. The lowest BCUT2D eigenvalue weighted by Gasteiger charge is -2.13. The molecule has 0 aromatic heterocycles. The van der Waals surface area contributed by atoms with Gasteiger partial charge in [0.15, 0.2) is 0 Å². The van der Waals surface area contributed by atoms with Crippen LogP contribution in [0.2, 0.25) is 0 Å². The molecule has 0 heterocycles. The van der Waals surface area contributed by atoms with Crippen LogP contribution in [0.4, 0.5) is 0 Å². The second-order valence-electron chi connectivity index (χ2n) is 15.0. The van der Waals surface area contributed by atoms with Crippen LogP contribution >= 0.6 is 123 Å². The van der Waals surface area contributed by atoms with Gasteiger partial charge in [0.05, 0.1) is 17.8 Å². The molecule has 0 radical (unpaired) electrons. The van der Waals surface area contributed by atoms with E-state index in [1.54, 1.807) is 51.2 Å². The Labute approximate surface area is 530 Å². The van der Waals surface area contributed by atoms with Gasteiger partial charge in [0.2, 0.25) is 34.0 Å². The third-order valence-electron chi connectivity index (χ3n) is 7.26. The van der Waals surface area contributed by atoms with E-state index in [-0.39, 0.29) is 78.9 Å². The first-order valence-electron chi connectivity index (χ1n) is 22.4. The second kappa shape index (κ2) is 62.7. The molecule has 0 rings (SSSR count). The normalized spacial score (nSPS) is 10.7. The summed E-state index contributed by atoms with van der Waals surface area (Å²) in [4.78, 5) is 112. The smallest absolute Gasteiger partial charge is 0.335 e. The maximum Gasteiger partial charge on any atom is 0.335 e. The molecule has 0 amide bonds. The fourth-order valence-corrected chi connectivity index (χ4v) is 7.19. The first-order valence-corrected chi connectivity index (χ1v) is 30.7. The molecular weight excluding hydrogens is 1250 g/mol. The lowest BCUT2D eigenvalue weighted by atomic mass is 10.2. The second-order valence-corrected chi connectivity index (χ2v) is 23.5. The Balaban J connectivity index is -0.000000146. The number of thiol groups is 6. The molecule has 0 aliphatic heterocycles. The van der Waals surface area contributed by atoms with E-state index in [4.69, 9.17) is 18.9 Å². The van der Waals surface area contributed by atoms with Crippen LogP contribution in [-0.4, -0.2) is 142 Å². The quantitative estimate of drug-likeness (QED) is 0.00941. The number of esters is 10. The van der Waals surface area contributed by atoms with Gasteiger partial charge in [-0.25, -0.2) is 28.8 Å². The number of hydrogen-bond donors (Lipinski definition) is 6. The number of rotatable bonds is 31. The van der Waals surface area contributed by atoms with E-state index in [9.17, 15) is 47.9 Å². The average molecular weight is 1340 g/mol. The Kier molecular flexibility index (Phi) is 72.8. The minimum absolute atomic E-state index is 0. The number of ether oxygens (including phenoxy) is 10. The zero-order chi connectivity index (χ0) is 62.6. The summed E-state index contributed by atoms with van der Waals surface area (Å²) in [5.41, 5.74) is 1.46. The highest BCUT2D eigenvalue weighted by Gasteiger charge is 2.20. The van der Waals surface area contributed by atoms with E-state index in [2.05, 4.69) is 144 Å². The van der Waals surface area contributed by atoms with Crippen molar-refractivity contribution in [2.45, 2.75) is 89.3 Å². The van der Waals surface area contributed by atoms with Crippen molar-refractivity contribution < 1.29 is 95.3 Å². The summed E-state index contributed by atoms with van der Waals surface area (Å²) in [5.74, 6) is -4.42. The Morgan fingerprint density at radius 1 is 0.346 bits per heavy atom. The zero-order valence-electron chi connectivity index (χ0n) is 46.2. The molecule has 20 nitrogen and oxygen atoms in total. The van der Waals surface area contributed by atoms with Gasteiger partial charge in [-0.3, -0.25) is 19.2 Å². The van der Waals surface area contributed by atoms with Crippen LogP contribution in [0.5, 0.6) is 0 Å². The van der Waals surface area contributed by atoms with Crippen molar-refractivity contribution in [1.29, 1.82) is 0 Å². The number of thioether (sulfide) groups is 4. The van der Waals surface area contributed by atoms with Crippen LogP contribution in [0.15, 0.2) is 72.9 Å². The van der Waals surface area contributed by atoms with Gasteiger partial charge in [0, 0.05) is 76.1 Å². The number of carbonyl (C=O) groups is 10. The maximum absolute atomic E-state index is 11.8. The fourth-order valence-electron chi connectivity index (χ4n) is 3.09. The first kappa shape index (κ1) is 94.0. The van der Waals surface area contributed by atoms with E-state index in [1.165, 1.54) is 65.1 Å². The molecule has 30 heteroatoms. The molecule has 4 unspecified atom stereocenters. The monoisotopic (exact) mass is 1340 g/mol. The van der Waals surface area contributed by atoms with E-state index in [0.717, 1.165) is 0 Å². The highest BCUT2D eigenvalue weighted by molar-refractivity contribution is 8.16.